The number of hydrogen-bond acceptors (Lipinski definition) is 2. The van der Waals surface area contributed by atoms with Crippen LogP contribution in [-0.2, 0) is 6.18 Å². The Balaban J connectivity index is 3.38. The first-order valence-electron chi connectivity index (χ1n) is 4.25. The van der Waals surface area contributed by atoms with Gasteiger partial charge in [0.2, 0.25) is 0 Å². The number of carbonyl (C=O) groups is 1. The third-order valence-electron chi connectivity index (χ3n) is 1.95. The minimum absolute atomic E-state index is 0.160. The standard InChI is InChI=1S/C10H8ClF3O2/c1-16-9-6(8(15)5-11)3-2-4-7(9)10(12,13)14/h2-4H,5H2,1H3. The number of halogens is 4. The van der Waals surface area contributed by atoms with E-state index in [4.69, 9.17) is 11.6 Å². The van der Waals surface area contributed by atoms with Crippen molar-refractivity contribution >= 4 is 17.4 Å². The van der Waals surface area contributed by atoms with Crippen LogP contribution in [0.15, 0.2) is 18.2 Å². The SMILES string of the molecule is COc1c(C(=O)CCl)cccc1C(F)(F)F. The highest BCUT2D eigenvalue weighted by Gasteiger charge is 2.35. The fourth-order valence-corrected chi connectivity index (χ4v) is 1.42. The highest BCUT2D eigenvalue weighted by Crippen LogP contribution is 2.38. The molecule has 0 aromatic heterocycles. The van der Waals surface area contributed by atoms with Crippen molar-refractivity contribution in [3.63, 3.8) is 0 Å². The number of alkyl halides is 4. The average molecular weight is 253 g/mol. The molecular weight excluding hydrogens is 245 g/mol. The Kier molecular flexibility index (Phi) is 3.80. The van der Waals surface area contributed by atoms with E-state index in [2.05, 4.69) is 4.74 Å². The number of para-hydroxylation sites is 1. The van der Waals surface area contributed by atoms with E-state index in [1.807, 2.05) is 0 Å². The van der Waals surface area contributed by atoms with E-state index in [9.17, 15) is 18.0 Å². The first kappa shape index (κ1) is 12.8. The van der Waals surface area contributed by atoms with Crippen LogP contribution in [0.25, 0.3) is 0 Å². The van der Waals surface area contributed by atoms with Crippen LogP contribution < -0.4 is 4.74 Å². The quantitative estimate of drug-likeness (QED) is 0.610. The number of hydrogen-bond donors (Lipinski definition) is 0. The fourth-order valence-electron chi connectivity index (χ4n) is 1.27. The first-order chi connectivity index (χ1) is 7.41. The second-order valence-electron chi connectivity index (χ2n) is 2.94. The molecule has 16 heavy (non-hydrogen) atoms. The lowest BCUT2D eigenvalue weighted by atomic mass is 10.1. The summed E-state index contributed by atoms with van der Waals surface area (Å²) in [5.74, 6) is -1.48. The molecule has 0 aliphatic carbocycles. The lowest BCUT2D eigenvalue weighted by molar-refractivity contribution is -0.138. The van der Waals surface area contributed by atoms with Gasteiger partial charge in [0.15, 0.2) is 5.78 Å². The minimum atomic E-state index is -4.56. The zero-order valence-electron chi connectivity index (χ0n) is 8.27. The summed E-state index contributed by atoms with van der Waals surface area (Å²) in [6.45, 7) is 0. The highest BCUT2D eigenvalue weighted by atomic mass is 35.5. The zero-order chi connectivity index (χ0) is 12.3. The van der Waals surface area contributed by atoms with E-state index >= 15 is 0 Å². The third-order valence-corrected chi connectivity index (χ3v) is 2.19. The van der Waals surface area contributed by atoms with Crippen molar-refractivity contribution in [2.75, 3.05) is 13.0 Å². The van der Waals surface area contributed by atoms with E-state index in [0.29, 0.717) is 0 Å². The molecule has 0 aliphatic heterocycles. The molecule has 0 saturated carbocycles. The van der Waals surface area contributed by atoms with Crippen LogP contribution in [-0.4, -0.2) is 18.8 Å². The van der Waals surface area contributed by atoms with Gasteiger partial charge in [-0.2, -0.15) is 13.2 Å². The molecule has 88 valence electrons. The summed E-state index contributed by atoms with van der Waals surface area (Å²) < 4.78 is 42.3. The zero-order valence-corrected chi connectivity index (χ0v) is 9.02. The molecule has 1 aromatic carbocycles. The van der Waals surface area contributed by atoms with Crippen LogP contribution in [0.5, 0.6) is 5.75 Å². The second kappa shape index (κ2) is 4.74. The number of carbonyl (C=O) groups excluding carboxylic acids is 1. The average Bonchev–Trinajstić information content (AvgIpc) is 2.25. The molecule has 0 radical (unpaired) electrons. The maximum Gasteiger partial charge on any atom is 0.419 e. The van der Waals surface area contributed by atoms with Crippen LogP contribution in [0.2, 0.25) is 0 Å². The van der Waals surface area contributed by atoms with Crippen molar-refractivity contribution in [1.29, 1.82) is 0 Å². The summed E-state index contributed by atoms with van der Waals surface area (Å²) in [5, 5.41) is 0. The maximum absolute atomic E-state index is 12.6. The molecule has 0 fully saturated rings. The van der Waals surface area contributed by atoms with Gasteiger partial charge in [-0.15, -0.1) is 11.6 Å². The molecule has 0 unspecified atom stereocenters. The Labute approximate surface area is 95.0 Å². The Morgan fingerprint density at radius 1 is 1.44 bits per heavy atom. The summed E-state index contributed by atoms with van der Waals surface area (Å²) in [5.41, 5.74) is -1.14. The molecule has 0 atom stereocenters. The summed E-state index contributed by atoms with van der Waals surface area (Å²) in [7, 11) is 1.08. The number of benzene rings is 1. The van der Waals surface area contributed by atoms with Gasteiger partial charge in [-0.05, 0) is 12.1 Å². The van der Waals surface area contributed by atoms with Gasteiger partial charge in [0.25, 0.3) is 0 Å². The van der Waals surface area contributed by atoms with Gasteiger partial charge in [0.05, 0.1) is 24.1 Å². The Bertz CT molecular complexity index is 402. The molecule has 0 amide bonds. The predicted octanol–water partition coefficient (Wildman–Crippen LogP) is 3.14. The maximum atomic E-state index is 12.6. The summed E-state index contributed by atoms with van der Waals surface area (Å²) in [4.78, 5) is 11.3. The lowest BCUT2D eigenvalue weighted by Gasteiger charge is -2.14. The Hall–Kier alpha value is -1.23. The van der Waals surface area contributed by atoms with Crippen molar-refractivity contribution in [3.05, 3.63) is 29.3 Å². The summed E-state index contributed by atoms with van der Waals surface area (Å²) in [6.07, 6.45) is -4.56. The van der Waals surface area contributed by atoms with Gasteiger partial charge in [0.1, 0.15) is 5.75 Å². The molecule has 0 N–H and O–H groups in total. The van der Waals surface area contributed by atoms with Crippen LogP contribution >= 0.6 is 11.6 Å². The van der Waals surface area contributed by atoms with Gasteiger partial charge in [-0.3, -0.25) is 4.79 Å². The van der Waals surface area contributed by atoms with E-state index in [1.54, 1.807) is 0 Å². The van der Waals surface area contributed by atoms with Gasteiger partial charge in [-0.1, -0.05) is 6.07 Å². The first-order valence-corrected chi connectivity index (χ1v) is 4.78. The molecular formula is C10H8ClF3O2. The minimum Gasteiger partial charge on any atom is -0.495 e. The van der Waals surface area contributed by atoms with Gasteiger partial charge < -0.3 is 4.74 Å². The second-order valence-corrected chi connectivity index (χ2v) is 3.21. The molecule has 1 aromatic rings. The molecule has 2 nitrogen and oxygen atoms in total. The Morgan fingerprint density at radius 2 is 2.06 bits per heavy atom. The number of rotatable bonds is 3. The molecule has 0 spiro atoms. The predicted molar refractivity (Wildman–Crippen MR) is 53.0 cm³/mol. The van der Waals surface area contributed by atoms with E-state index in [0.717, 1.165) is 19.2 Å². The summed E-state index contributed by atoms with van der Waals surface area (Å²) in [6, 6.07) is 3.24. The summed E-state index contributed by atoms with van der Waals surface area (Å²) >= 11 is 5.30. The van der Waals surface area contributed by atoms with Crippen molar-refractivity contribution in [1.82, 2.24) is 0 Å². The molecule has 6 heteroatoms. The number of ketones is 1. The van der Waals surface area contributed by atoms with Crippen molar-refractivity contribution in [2.45, 2.75) is 6.18 Å². The molecule has 0 bridgehead atoms. The van der Waals surface area contributed by atoms with E-state index < -0.39 is 29.2 Å². The fraction of sp³-hybridized carbons (Fsp3) is 0.300. The molecule has 0 heterocycles. The van der Waals surface area contributed by atoms with Crippen molar-refractivity contribution in [2.24, 2.45) is 0 Å². The molecule has 1 rings (SSSR count). The monoisotopic (exact) mass is 252 g/mol. The topological polar surface area (TPSA) is 26.3 Å². The van der Waals surface area contributed by atoms with Gasteiger partial charge in [-0.25, -0.2) is 0 Å². The smallest absolute Gasteiger partial charge is 0.419 e. The van der Waals surface area contributed by atoms with E-state index in [-0.39, 0.29) is 5.56 Å². The van der Waals surface area contributed by atoms with Gasteiger partial charge in [0, 0.05) is 0 Å². The number of Topliss-reactive ketones (excluding diaryl/α,β-unsaturated/α-hetero) is 1. The van der Waals surface area contributed by atoms with Crippen molar-refractivity contribution < 1.29 is 22.7 Å². The third kappa shape index (κ3) is 2.47. The van der Waals surface area contributed by atoms with Crippen LogP contribution in [0.1, 0.15) is 15.9 Å². The van der Waals surface area contributed by atoms with Crippen molar-refractivity contribution in [3.8, 4) is 5.75 Å². The van der Waals surface area contributed by atoms with Crippen LogP contribution in [0.3, 0.4) is 0 Å². The largest absolute Gasteiger partial charge is 0.495 e. The lowest BCUT2D eigenvalue weighted by Crippen LogP contribution is -2.11. The van der Waals surface area contributed by atoms with Crippen LogP contribution in [0, 0.1) is 0 Å². The molecule has 0 saturated heterocycles. The Morgan fingerprint density at radius 3 is 2.50 bits per heavy atom. The van der Waals surface area contributed by atoms with E-state index in [1.165, 1.54) is 6.07 Å². The number of methoxy groups -OCH3 is 1. The highest BCUT2D eigenvalue weighted by molar-refractivity contribution is 6.30. The normalized spacial score (nSPS) is 11.3. The van der Waals surface area contributed by atoms with Gasteiger partial charge >= 0.3 is 6.18 Å². The number of ether oxygens (including phenoxy) is 1. The van der Waals surface area contributed by atoms with Crippen LogP contribution in [0.4, 0.5) is 13.2 Å². The molecule has 0 aliphatic rings.